The Labute approximate surface area is 129 Å². The highest BCUT2D eigenvalue weighted by Gasteiger charge is 2.23. The summed E-state index contributed by atoms with van der Waals surface area (Å²) in [5, 5.41) is 4.47. The summed E-state index contributed by atoms with van der Waals surface area (Å²) in [6, 6.07) is 2.24. The van der Waals surface area contributed by atoms with Crippen LogP contribution in [0, 0.1) is 0 Å². The van der Waals surface area contributed by atoms with E-state index in [0.29, 0.717) is 16.1 Å². The summed E-state index contributed by atoms with van der Waals surface area (Å²) in [5.74, 6) is 3.80. The Kier molecular flexibility index (Phi) is 5.48. The van der Waals surface area contributed by atoms with E-state index in [1.165, 1.54) is 0 Å². The third-order valence-electron chi connectivity index (χ3n) is 3.09. The fourth-order valence-electron chi connectivity index (χ4n) is 2.07. The normalized spacial score (nSPS) is 19.6. The van der Waals surface area contributed by atoms with Gasteiger partial charge in [0.2, 0.25) is 0 Å². The molecule has 0 aliphatic carbocycles. The van der Waals surface area contributed by atoms with Crippen LogP contribution in [-0.4, -0.2) is 35.6 Å². The number of anilines is 2. The Morgan fingerprint density at radius 2 is 2.26 bits per heavy atom. The lowest BCUT2D eigenvalue weighted by molar-refractivity contribution is 0.690. The number of hydrogen-bond donors (Lipinski definition) is 1. The van der Waals surface area contributed by atoms with Gasteiger partial charge in [-0.25, -0.2) is 4.98 Å². The zero-order valence-electron chi connectivity index (χ0n) is 11.2. The van der Waals surface area contributed by atoms with E-state index < -0.39 is 0 Å². The number of nitrogens with one attached hydrogen (secondary N) is 1. The highest BCUT2D eigenvalue weighted by molar-refractivity contribution is 7.99. The zero-order chi connectivity index (χ0) is 13.8. The first-order valence-corrected chi connectivity index (χ1v) is 8.48. The number of pyridine rings is 1. The van der Waals surface area contributed by atoms with Gasteiger partial charge in [-0.05, 0) is 19.4 Å². The van der Waals surface area contributed by atoms with Gasteiger partial charge in [0, 0.05) is 30.6 Å². The van der Waals surface area contributed by atoms with Gasteiger partial charge in [-0.2, -0.15) is 11.8 Å². The van der Waals surface area contributed by atoms with Gasteiger partial charge in [-0.3, -0.25) is 0 Å². The van der Waals surface area contributed by atoms with Crippen molar-refractivity contribution in [2.24, 2.45) is 0 Å². The lowest BCUT2D eigenvalue weighted by Gasteiger charge is -2.34. The van der Waals surface area contributed by atoms with Crippen molar-refractivity contribution in [1.82, 2.24) is 4.98 Å². The molecule has 1 unspecified atom stereocenters. The standard InChI is InChI=1S/C13H19Cl2N3S/c1-3-4-16-12-10(14)7-11(15)13(17-12)18-5-6-19-8-9(18)2/h7,9H,3-6,8H2,1-2H3,(H,16,17). The van der Waals surface area contributed by atoms with Crippen molar-refractivity contribution in [3.63, 3.8) is 0 Å². The van der Waals surface area contributed by atoms with Crippen LogP contribution in [-0.2, 0) is 0 Å². The van der Waals surface area contributed by atoms with Crippen molar-refractivity contribution in [3.8, 4) is 0 Å². The number of thioether (sulfide) groups is 1. The molecule has 1 aliphatic heterocycles. The van der Waals surface area contributed by atoms with Crippen molar-refractivity contribution in [1.29, 1.82) is 0 Å². The van der Waals surface area contributed by atoms with Gasteiger partial charge in [-0.1, -0.05) is 30.1 Å². The molecule has 19 heavy (non-hydrogen) atoms. The average molecular weight is 320 g/mol. The van der Waals surface area contributed by atoms with Gasteiger partial charge in [0.25, 0.3) is 0 Å². The molecule has 1 fully saturated rings. The Morgan fingerprint density at radius 1 is 1.47 bits per heavy atom. The second-order valence-corrected chi connectivity index (χ2v) is 6.63. The fraction of sp³-hybridized carbons (Fsp3) is 0.615. The number of nitrogens with zero attached hydrogens (tertiary/aromatic N) is 2. The largest absolute Gasteiger partial charge is 0.369 e. The summed E-state index contributed by atoms with van der Waals surface area (Å²) in [5.41, 5.74) is 0. The summed E-state index contributed by atoms with van der Waals surface area (Å²) in [4.78, 5) is 6.90. The molecule has 0 bridgehead atoms. The molecule has 1 atom stereocenters. The Hall–Kier alpha value is -0.320. The molecule has 0 amide bonds. The molecule has 1 saturated heterocycles. The van der Waals surface area contributed by atoms with Crippen LogP contribution >= 0.6 is 35.0 Å². The summed E-state index contributed by atoms with van der Waals surface area (Å²) < 4.78 is 0. The van der Waals surface area contributed by atoms with E-state index in [4.69, 9.17) is 23.2 Å². The predicted octanol–water partition coefficient (Wildman–Crippen LogP) is 4.15. The molecule has 1 N–H and O–H groups in total. The van der Waals surface area contributed by atoms with Crippen LogP contribution < -0.4 is 10.2 Å². The van der Waals surface area contributed by atoms with E-state index in [0.717, 1.165) is 42.7 Å². The fourth-order valence-corrected chi connectivity index (χ4v) is 3.61. The molecule has 3 nitrogen and oxygen atoms in total. The van der Waals surface area contributed by atoms with Crippen LogP contribution in [0.2, 0.25) is 10.0 Å². The third kappa shape index (κ3) is 3.61. The van der Waals surface area contributed by atoms with Crippen molar-refractivity contribution >= 4 is 46.6 Å². The number of rotatable bonds is 4. The van der Waals surface area contributed by atoms with Crippen LogP contribution in [0.1, 0.15) is 20.3 Å². The minimum absolute atomic E-state index is 0.448. The molecule has 0 radical (unpaired) electrons. The first-order valence-electron chi connectivity index (χ1n) is 6.57. The number of aromatic nitrogens is 1. The molecule has 0 spiro atoms. The van der Waals surface area contributed by atoms with Gasteiger partial charge in [-0.15, -0.1) is 0 Å². The maximum absolute atomic E-state index is 6.31. The van der Waals surface area contributed by atoms with Crippen LogP contribution in [0.3, 0.4) is 0 Å². The molecule has 1 aliphatic rings. The van der Waals surface area contributed by atoms with E-state index in [1.807, 2.05) is 11.8 Å². The molecule has 6 heteroatoms. The van der Waals surface area contributed by atoms with Crippen molar-refractivity contribution < 1.29 is 0 Å². The number of halogens is 2. The van der Waals surface area contributed by atoms with E-state index in [-0.39, 0.29) is 0 Å². The van der Waals surface area contributed by atoms with E-state index in [9.17, 15) is 0 Å². The minimum Gasteiger partial charge on any atom is -0.369 e. The average Bonchev–Trinajstić information content (AvgIpc) is 2.39. The Morgan fingerprint density at radius 3 is 2.95 bits per heavy atom. The third-order valence-corrected chi connectivity index (χ3v) is 4.85. The second-order valence-electron chi connectivity index (χ2n) is 4.67. The summed E-state index contributed by atoms with van der Waals surface area (Å²) in [6.45, 7) is 6.16. The van der Waals surface area contributed by atoms with Crippen LogP contribution in [0.25, 0.3) is 0 Å². The summed E-state index contributed by atoms with van der Waals surface area (Å²) in [7, 11) is 0. The Bertz CT molecular complexity index is 442. The van der Waals surface area contributed by atoms with Gasteiger partial charge in [0.15, 0.2) is 0 Å². The maximum Gasteiger partial charge on any atom is 0.150 e. The number of hydrogen-bond acceptors (Lipinski definition) is 4. The lowest BCUT2D eigenvalue weighted by Crippen LogP contribution is -2.41. The predicted molar refractivity (Wildman–Crippen MR) is 87.2 cm³/mol. The second kappa shape index (κ2) is 6.91. The Balaban J connectivity index is 2.28. The molecule has 1 aromatic heterocycles. The first kappa shape index (κ1) is 15.1. The maximum atomic E-state index is 6.31. The van der Waals surface area contributed by atoms with E-state index in [1.54, 1.807) is 6.07 Å². The van der Waals surface area contributed by atoms with Crippen molar-refractivity contribution in [3.05, 3.63) is 16.1 Å². The SMILES string of the molecule is CCCNc1nc(N2CCSCC2C)c(Cl)cc1Cl. The summed E-state index contributed by atoms with van der Waals surface area (Å²) in [6.07, 6.45) is 1.03. The van der Waals surface area contributed by atoms with Gasteiger partial charge in [0.05, 0.1) is 10.0 Å². The molecule has 2 heterocycles. The molecule has 0 saturated carbocycles. The van der Waals surface area contributed by atoms with Crippen LogP contribution in [0.5, 0.6) is 0 Å². The van der Waals surface area contributed by atoms with Gasteiger partial charge >= 0.3 is 0 Å². The molecular weight excluding hydrogens is 301 g/mol. The topological polar surface area (TPSA) is 28.2 Å². The van der Waals surface area contributed by atoms with Crippen molar-refractivity contribution in [2.45, 2.75) is 26.3 Å². The van der Waals surface area contributed by atoms with E-state index in [2.05, 4.69) is 29.0 Å². The lowest BCUT2D eigenvalue weighted by atomic mass is 10.3. The molecule has 106 valence electrons. The van der Waals surface area contributed by atoms with Crippen LogP contribution in [0.4, 0.5) is 11.6 Å². The van der Waals surface area contributed by atoms with E-state index >= 15 is 0 Å². The molecule has 1 aromatic rings. The minimum atomic E-state index is 0.448. The molecule has 2 rings (SSSR count). The highest BCUT2D eigenvalue weighted by Crippen LogP contribution is 2.34. The summed E-state index contributed by atoms with van der Waals surface area (Å²) >= 11 is 14.5. The smallest absolute Gasteiger partial charge is 0.150 e. The molecular formula is C13H19Cl2N3S. The van der Waals surface area contributed by atoms with Gasteiger partial charge < -0.3 is 10.2 Å². The first-order chi connectivity index (χ1) is 9.13. The monoisotopic (exact) mass is 319 g/mol. The van der Waals surface area contributed by atoms with Crippen LogP contribution in [0.15, 0.2) is 6.07 Å². The van der Waals surface area contributed by atoms with Gasteiger partial charge in [0.1, 0.15) is 11.6 Å². The highest BCUT2D eigenvalue weighted by atomic mass is 35.5. The zero-order valence-corrected chi connectivity index (χ0v) is 13.6. The quantitative estimate of drug-likeness (QED) is 0.902. The molecule has 0 aromatic carbocycles. The van der Waals surface area contributed by atoms with Crippen molar-refractivity contribution in [2.75, 3.05) is 34.8 Å².